The average Bonchev–Trinajstić information content (AvgIpc) is 3.42. The molecule has 2 heterocycles. The number of halogens is 1. The molecule has 1 aliphatic carbocycles. The van der Waals surface area contributed by atoms with Crippen LogP contribution in [0.1, 0.15) is 68.1 Å². The lowest BCUT2D eigenvalue weighted by Crippen LogP contribution is -2.40. The molecule has 2 aliphatic rings. The van der Waals surface area contributed by atoms with Crippen molar-refractivity contribution >= 4 is 12.0 Å². The van der Waals surface area contributed by atoms with Crippen LogP contribution in [0, 0.1) is 11.7 Å². The maximum Gasteiger partial charge on any atom is 0.307 e. The molecule has 0 spiro atoms. The maximum atomic E-state index is 13.5. The first-order chi connectivity index (χ1) is 18.4. The standard InChI is InChI=1S/C30H34FN3O4/c31-25-12-10-24(11-13-25)30(15-2-1-3-16-30)17-14-27-32-28(33-38-27)22-8-6-21(7-9-22)26(35)20-34-18-4-5-23(19-34)29(36)37/h6-14,17,23,26,35H,1-5,15-16,18-20H2,(H,36,37)/b17-14+/t23-,26?/m0/s1. The second-order valence-electron chi connectivity index (χ2n) is 10.6. The van der Waals surface area contributed by atoms with E-state index in [9.17, 15) is 19.4 Å². The number of β-amino-alcohol motifs (C(OH)–C–C–N with tert-alkyl or cyclic N) is 1. The van der Waals surface area contributed by atoms with Gasteiger partial charge < -0.3 is 14.7 Å². The van der Waals surface area contributed by atoms with Crippen LogP contribution in [-0.4, -0.2) is 50.9 Å². The van der Waals surface area contributed by atoms with Gasteiger partial charge in [0.1, 0.15) is 5.82 Å². The second kappa shape index (κ2) is 11.6. The van der Waals surface area contributed by atoms with Crippen molar-refractivity contribution in [2.75, 3.05) is 19.6 Å². The van der Waals surface area contributed by atoms with Crippen LogP contribution in [0.4, 0.5) is 4.39 Å². The van der Waals surface area contributed by atoms with Crippen molar-refractivity contribution in [3.05, 3.63) is 77.4 Å². The fourth-order valence-corrected chi connectivity index (χ4v) is 5.79. The van der Waals surface area contributed by atoms with Gasteiger partial charge in [-0.1, -0.05) is 66.9 Å². The summed E-state index contributed by atoms with van der Waals surface area (Å²) in [6.07, 6.45) is 10.2. The van der Waals surface area contributed by atoms with Gasteiger partial charge in [-0.15, -0.1) is 0 Å². The zero-order valence-corrected chi connectivity index (χ0v) is 21.4. The molecule has 2 atom stereocenters. The van der Waals surface area contributed by atoms with Crippen molar-refractivity contribution in [3.63, 3.8) is 0 Å². The van der Waals surface area contributed by atoms with E-state index < -0.39 is 12.1 Å². The smallest absolute Gasteiger partial charge is 0.307 e. The van der Waals surface area contributed by atoms with Crippen LogP contribution in [-0.2, 0) is 10.2 Å². The van der Waals surface area contributed by atoms with E-state index in [2.05, 4.69) is 16.2 Å². The average molecular weight is 520 g/mol. The van der Waals surface area contributed by atoms with E-state index in [1.165, 1.54) is 18.6 Å². The predicted octanol–water partition coefficient (Wildman–Crippen LogP) is 5.62. The number of carboxylic acid groups (broad SMARTS) is 1. The lowest BCUT2D eigenvalue weighted by atomic mass is 9.69. The van der Waals surface area contributed by atoms with Crippen molar-refractivity contribution in [1.82, 2.24) is 15.0 Å². The number of carbonyl (C=O) groups is 1. The van der Waals surface area contributed by atoms with E-state index >= 15 is 0 Å². The highest BCUT2D eigenvalue weighted by Crippen LogP contribution is 2.41. The van der Waals surface area contributed by atoms with Gasteiger partial charge in [0.2, 0.25) is 5.82 Å². The highest BCUT2D eigenvalue weighted by Gasteiger charge is 2.31. The number of rotatable bonds is 8. The van der Waals surface area contributed by atoms with Gasteiger partial charge in [-0.2, -0.15) is 4.98 Å². The third-order valence-electron chi connectivity index (χ3n) is 7.99. The largest absolute Gasteiger partial charge is 0.481 e. The monoisotopic (exact) mass is 519 g/mol. The number of aromatic nitrogens is 2. The topological polar surface area (TPSA) is 99.7 Å². The lowest BCUT2D eigenvalue weighted by molar-refractivity contribution is -0.143. The molecule has 2 N–H and O–H groups in total. The van der Waals surface area contributed by atoms with E-state index in [1.54, 1.807) is 0 Å². The number of hydrogen-bond donors (Lipinski definition) is 2. The number of nitrogens with zero attached hydrogens (tertiary/aromatic N) is 3. The molecular weight excluding hydrogens is 485 g/mol. The molecule has 1 aliphatic heterocycles. The Morgan fingerprint density at radius 3 is 2.55 bits per heavy atom. The molecule has 0 radical (unpaired) electrons. The quantitative estimate of drug-likeness (QED) is 0.398. The minimum atomic E-state index is -0.771. The van der Waals surface area contributed by atoms with Crippen LogP contribution in [0.2, 0.25) is 0 Å². The number of piperidine rings is 1. The number of aliphatic hydroxyl groups excluding tert-OH is 1. The maximum absolute atomic E-state index is 13.5. The van der Waals surface area contributed by atoms with Crippen molar-refractivity contribution in [2.45, 2.75) is 56.5 Å². The number of hydrogen-bond acceptors (Lipinski definition) is 6. The molecule has 1 saturated heterocycles. The number of allylic oxidation sites excluding steroid dienone is 1. The normalized spacial score (nSPS) is 20.9. The van der Waals surface area contributed by atoms with E-state index in [0.29, 0.717) is 31.2 Å². The lowest BCUT2D eigenvalue weighted by Gasteiger charge is -2.35. The summed E-state index contributed by atoms with van der Waals surface area (Å²) in [6.45, 7) is 1.66. The third-order valence-corrected chi connectivity index (χ3v) is 7.99. The minimum absolute atomic E-state index is 0.169. The minimum Gasteiger partial charge on any atom is -0.481 e. The van der Waals surface area contributed by atoms with Crippen LogP contribution in [0.15, 0.2) is 59.1 Å². The predicted molar refractivity (Wildman–Crippen MR) is 142 cm³/mol. The van der Waals surface area contributed by atoms with Gasteiger partial charge in [0.25, 0.3) is 5.89 Å². The molecule has 1 unspecified atom stereocenters. The molecule has 2 aromatic carbocycles. The third kappa shape index (κ3) is 6.03. The first kappa shape index (κ1) is 26.3. The van der Waals surface area contributed by atoms with Crippen LogP contribution >= 0.6 is 0 Å². The van der Waals surface area contributed by atoms with E-state index in [-0.39, 0.29) is 17.2 Å². The molecule has 7 nitrogen and oxygen atoms in total. The van der Waals surface area contributed by atoms with Crippen molar-refractivity contribution in [2.24, 2.45) is 5.92 Å². The van der Waals surface area contributed by atoms with Crippen molar-refractivity contribution < 1.29 is 23.9 Å². The van der Waals surface area contributed by atoms with E-state index in [1.807, 2.05) is 47.4 Å². The number of aliphatic carboxylic acids is 1. The molecule has 0 amide bonds. The molecule has 5 rings (SSSR count). The summed E-state index contributed by atoms with van der Waals surface area (Å²) in [6, 6.07) is 14.2. The highest BCUT2D eigenvalue weighted by atomic mass is 19.1. The Hall–Kier alpha value is -3.36. The number of carboxylic acids is 1. The zero-order chi connectivity index (χ0) is 26.5. The molecule has 1 aromatic heterocycles. The van der Waals surface area contributed by atoms with Gasteiger partial charge in [-0.25, -0.2) is 4.39 Å². The number of likely N-dealkylation sites (tertiary alicyclic amines) is 1. The molecule has 3 aromatic rings. The summed E-state index contributed by atoms with van der Waals surface area (Å²) < 4.78 is 19.0. The van der Waals surface area contributed by atoms with Gasteiger partial charge in [0, 0.05) is 30.1 Å². The summed E-state index contributed by atoms with van der Waals surface area (Å²) in [5.41, 5.74) is 2.47. The molecule has 8 heteroatoms. The molecule has 38 heavy (non-hydrogen) atoms. The molecule has 0 bridgehead atoms. The Morgan fingerprint density at radius 1 is 1.11 bits per heavy atom. The highest BCUT2D eigenvalue weighted by molar-refractivity contribution is 5.70. The Balaban J connectivity index is 1.25. The van der Waals surface area contributed by atoms with Crippen LogP contribution in [0.3, 0.4) is 0 Å². The van der Waals surface area contributed by atoms with Crippen LogP contribution in [0.25, 0.3) is 17.5 Å². The fourth-order valence-electron chi connectivity index (χ4n) is 5.79. The number of benzene rings is 2. The summed E-state index contributed by atoms with van der Waals surface area (Å²) in [5.74, 6) is -0.502. The SMILES string of the molecule is O=C(O)[C@H]1CCCN(CC(O)c2ccc(-c3noc(/C=C/C4(c5ccc(F)cc5)CCCCC4)n3)cc2)C1. The Morgan fingerprint density at radius 2 is 1.84 bits per heavy atom. The Bertz CT molecular complexity index is 1250. The molecule has 200 valence electrons. The summed E-state index contributed by atoms with van der Waals surface area (Å²) in [7, 11) is 0. The van der Waals surface area contributed by atoms with E-state index in [0.717, 1.165) is 55.3 Å². The first-order valence-electron chi connectivity index (χ1n) is 13.4. The summed E-state index contributed by atoms with van der Waals surface area (Å²) in [5, 5.41) is 24.2. The first-order valence-corrected chi connectivity index (χ1v) is 13.4. The molecule has 2 fully saturated rings. The zero-order valence-electron chi connectivity index (χ0n) is 21.4. The van der Waals surface area contributed by atoms with Crippen LogP contribution < -0.4 is 0 Å². The van der Waals surface area contributed by atoms with Gasteiger partial charge in [0.15, 0.2) is 0 Å². The molecular formula is C30H34FN3O4. The Kier molecular flexibility index (Phi) is 8.00. The summed E-state index contributed by atoms with van der Waals surface area (Å²) >= 11 is 0. The van der Waals surface area contributed by atoms with Gasteiger partial charge in [-0.05, 0) is 55.5 Å². The second-order valence-corrected chi connectivity index (χ2v) is 10.6. The Labute approximate surface area is 222 Å². The summed E-state index contributed by atoms with van der Waals surface area (Å²) in [4.78, 5) is 17.9. The van der Waals surface area contributed by atoms with Crippen molar-refractivity contribution in [3.8, 4) is 11.4 Å². The van der Waals surface area contributed by atoms with Crippen molar-refractivity contribution in [1.29, 1.82) is 0 Å². The fraction of sp³-hybridized carbons (Fsp3) is 0.433. The van der Waals surface area contributed by atoms with Gasteiger partial charge in [0.05, 0.1) is 12.0 Å². The van der Waals surface area contributed by atoms with E-state index in [4.69, 9.17) is 4.52 Å². The van der Waals surface area contributed by atoms with Crippen LogP contribution in [0.5, 0.6) is 0 Å². The van der Waals surface area contributed by atoms with Gasteiger partial charge >= 0.3 is 5.97 Å². The number of aliphatic hydroxyl groups is 1. The molecule has 1 saturated carbocycles. The van der Waals surface area contributed by atoms with Gasteiger partial charge in [-0.3, -0.25) is 9.69 Å².